The Labute approximate surface area is 89.3 Å². The molecule has 14 heavy (non-hydrogen) atoms. The van der Waals surface area contributed by atoms with Gasteiger partial charge in [0.05, 0.1) is 12.1 Å². The molecule has 0 aliphatic rings. The Kier molecular flexibility index (Phi) is 3.98. The summed E-state index contributed by atoms with van der Waals surface area (Å²) in [5.74, 6) is 0.728. The van der Waals surface area contributed by atoms with Gasteiger partial charge in [0.2, 0.25) is 0 Å². The molecule has 0 saturated heterocycles. The Morgan fingerprint density at radius 3 is 2.79 bits per heavy atom. The summed E-state index contributed by atoms with van der Waals surface area (Å²) in [6, 6.07) is 3.92. The van der Waals surface area contributed by atoms with Crippen LogP contribution in [0.5, 0.6) is 5.75 Å². The minimum Gasteiger partial charge on any atom is -0.495 e. The average Bonchev–Trinajstić information content (AvgIpc) is 2.18. The maximum atomic E-state index is 6.13. The monoisotopic (exact) mass is 211 g/mol. The molecule has 76 valence electrons. The second-order valence-electron chi connectivity index (χ2n) is 2.96. The van der Waals surface area contributed by atoms with Crippen LogP contribution in [0, 0.1) is 6.92 Å². The molecule has 1 rings (SSSR count). The van der Waals surface area contributed by atoms with Crippen LogP contribution in [0.4, 0.5) is 0 Å². The van der Waals surface area contributed by atoms with Gasteiger partial charge in [-0.05, 0) is 18.1 Å². The Balaban J connectivity index is 3.14. The van der Waals surface area contributed by atoms with E-state index in [0.29, 0.717) is 11.6 Å². The zero-order valence-electron chi connectivity index (χ0n) is 8.38. The number of hydrogen-bond donors (Lipinski definition) is 1. The van der Waals surface area contributed by atoms with Crippen LogP contribution < -0.4 is 10.5 Å². The first-order valence-corrected chi connectivity index (χ1v) is 4.78. The molecule has 2 N–H and O–H groups in total. The van der Waals surface area contributed by atoms with Crippen LogP contribution in [0.25, 0.3) is 6.08 Å². The van der Waals surface area contributed by atoms with Crippen molar-refractivity contribution < 1.29 is 4.74 Å². The topological polar surface area (TPSA) is 35.2 Å². The van der Waals surface area contributed by atoms with Gasteiger partial charge in [-0.2, -0.15) is 0 Å². The summed E-state index contributed by atoms with van der Waals surface area (Å²) in [6.45, 7) is 2.47. The lowest BCUT2D eigenvalue weighted by atomic mass is 10.1. The van der Waals surface area contributed by atoms with E-state index < -0.39 is 0 Å². The van der Waals surface area contributed by atoms with Gasteiger partial charge >= 0.3 is 0 Å². The van der Waals surface area contributed by atoms with Crippen molar-refractivity contribution in [2.24, 2.45) is 5.73 Å². The van der Waals surface area contributed by atoms with E-state index in [4.69, 9.17) is 22.1 Å². The molecule has 0 bridgehead atoms. The predicted octanol–water partition coefficient (Wildman–Crippen LogP) is 2.63. The van der Waals surface area contributed by atoms with Gasteiger partial charge in [-0.15, -0.1) is 0 Å². The predicted molar refractivity (Wildman–Crippen MR) is 60.8 cm³/mol. The van der Waals surface area contributed by atoms with Crippen molar-refractivity contribution in [3.05, 3.63) is 34.4 Å². The third kappa shape index (κ3) is 2.28. The molecule has 0 aliphatic heterocycles. The molecule has 0 saturated carbocycles. The second kappa shape index (κ2) is 5.03. The van der Waals surface area contributed by atoms with Gasteiger partial charge in [0.1, 0.15) is 5.75 Å². The lowest BCUT2D eigenvalue weighted by molar-refractivity contribution is 0.412. The van der Waals surface area contributed by atoms with Crippen molar-refractivity contribution in [3.8, 4) is 5.75 Å². The number of benzene rings is 1. The fourth-order valence-corrected chi connectivity index (χ4v) is 1.59. The highest BCUT2D eigenvalue weighted by molar-refractivity contribution is 6.33. The van der Waals surface area contributed by atoms with Crippen molar-refractivity contribution in [1.82, 2.24) is 0 Å². The van der Waals surface area contributed by atoms with E-state index in [2.05, 4.69) is 0 Å². The molecule has 1 aromatic rings. The highest BCUT2D eigenvalue weighted by atomic mass is 35.5. The number of halogens is 1. The van der Waals surface area contributed by atoms with Gasteiger partial charge in [0, 0.05) is 6.54 Å². The third-order valence-corrected chi connectivity index (χ3v) is 2.35. The van der Waals surface area contributed by atoms with Crippen LogP contribution in [-0.4, -0.2) is 13.7 Å². The van der Waals surface area contributed by atoms with Crippen molar-refractivity contribution in [2.75, 3.05) is 13.7 Å². The summed E-state index contributed by atoms with van der Waals surface area (Å²) in [6.07, 6.45) is 3.75. The Morgan fingerprint density at radius 1 is 1.50 bits per heavy atom. The molecule has 0 radical (unpaired) electrons. The van der Waals surface area contributed by atoms with Gasteiger partial charge in [-0.25, -0.2) is 0 Å². The molecule has 0 aliphatic carbocycles. The molecule has 0 aromatic heterocycles. The molecular weight excluding hydrogens is 198 g/mol. The third-order valence-electron chi connectivity index (χ3n) is 1.96. The van der Waals surface area contributed by atoms with Crippen molar-refractivity contribution >= 4 is 17.7 Å². The molecule has 0 atom stereocenters. The fraction of sp³-hybridized carbons (Fsp3) is 0.273. The molecule has 0 fully saturated rings. The molecule has 0 unspecified atom stereocenters. The van der Waals surface area contributed by atoms with E-state index in [1.54, 1.807) is 7.11 Å². The molecule has 0 heterocycles. The van der Waals surface area contributed by atoms with E-state index in [9.17, 15) is 0 Å². The summed E-state index contributed by atoms with van der Waals surface area (Å²) >= 11 is 6.13. The number of hydrogen-bond acceptors (Lipinski definition) is 2. The van der Waals surface area contributed by atoms with Crippen molar-refractivity contribution in [3.63, 3.8) is 0 Å². The molecule has 1 aromatic carbocycles. The number of nitrogens with two attached hydrogens (primary N) is 1. The highest BCUT2D eigenvalue weighted by Gasteiger charge is 2.07. The zero-order chi connectivity index (χ0) is 10.6. The van der Waals surface area contributed by atoms with E-state index in [1.165, 1.54) is 0 Å². The standard InChI is InChI=1S/C11H14ClNO/c1-8-5-6-9(4-3-7-13)10(12)11(8)14-2/h3-6H,7,13H2,1-2H3/b4-3+. The summed E-state index contributed by atoms with van der Waals surface area (Å²) < 4.78 is 5.20. The SMILES string of the molecule is COc1c(C)ccc(/C=C/CN)c1Cl. The molecule has 0 spiro atoms. The Morgan fingerprint density at radius 2 is 2.21 bits per heavy atom. The maximum Gasteiger partial charge on any atom is 0.140 e. The molecule has 3 heteroatoms. The van der Waals surface area contributed by atoms with E-state index in [0.717, 1.165) is 16.9 Å². The number of methoxy groups -OCH3 is 1. The van der Waals surface area contributed by atoms with Crippen LogP contribution in [0.15, 0.2) is 18.2 Å². The average molecular weight is 212 g/mol. The number of rotatable bonds is 3. The summed E-state index contributed by atoms with van der Waals surface area (Å²) in [4.78, 5) is 0. The van der Waals surface area contributed by atoms with Gasteiger partial charge in [-0.1, -0.05) is 35.9 Å². The molecule has 2 nitrogen and oxygen atoms in total. The number of ether oxygens (including phenoxy) is 1. The van der Waals surface area contributed by atoms with Gasteiger partial charge < -0.3 is 10.5 Å². The van der Waals surface area contributed by atoms with Crippen LogP contribution >= 0.6 is 11.6 Å². The van der Waals surface area contributed by atoms with E-state index in [1.807, 2.05) is 31.2 Å². The fourth-order valence-electron chi connectivity index (χ4n) is 1.24. The smallest absolute Gasteiger partial charge is 0.140 e. The summed E-state index contributed by atoms with van der Waals surface area (Å²) in [5.41, 5.74) is 7.33. The first kappa shape index (κ1) is 11.1. The van der Waals surface area contributed by atoms with Crippen LogP contribution in [0.3, 0.4) is 0 Å². The van der Waals surface area contributed by atoms with Crippen molar-refractivity contribution in [2.45, 2.75) is 6.92 Å². The second-order valence-corrected chi connectivity index (χ2v) is 3.33. The summed E-state index contributed by atoms with van der Waals surface area (Å²) in [7, 11) is 1.62. The van der Waals surface area contributed by atoms with Crippen molar-refractivity contribution in [1.29, 1.82) is 0 Å². The Bertz CT molecular complexity index is 347. The minimum atomic E-state index is 0.506. The van der Waals surface area contributed by atoms with Gasteiger partial charge in [-0.3, -0.25) is 0 Å². The minimum absolute atomic E-state index is 0.506. The largest absolute Gasteiger partial charge is 0.495 e. The quantitative estimate of drug-likeness (QED) is 0.834. The molecule has 0 amide bonds. The van der Waals surface area contributed by atoms with E-state index >= 15 is 0 Å². The zero-order valence-corrected chi connectivity index (χ0v) is 9.14. The lowest BCUT2D eigenvalue weighted by Crippen LogP contribution is -1.93. The van der Waals surface area contributed by atoms with Gasteiger partial charge in [0.15, 0.2) is 0 Å². The highest BCUT2D eigenvalue weighted by Crippen LogP contribution is 2.32. The Hall–Kier alpha value is -0.990. The summed E-state index contributed by atoms with van der Waals surface area (Å²) in [5, 5.41) is 0.636. The van der Waals surface area contributed by atoms with Crippen LogP contribution in [0.1, 0.15) is 11.1 Å². The first-order valence-electron chi connectivity index (χ1n) is 4.40. The van der Waals surface area contributed by atoms with E-state index in [-0.39, 0.29) is 0 Å². The normalized spacial score (nSPS) is 10.9. The van der Waals surface area contributed by atoms with Crippen LogP contribution in [0.2, 0.25) is 5.02 Å². The van der Waals surface area contributed by atoms with Gasteiger partial charge in [0.25, 0.3) is 0 Å². The molecular formula is C11H14ClNO. The first-order chi connectivity index (χ1) is 6.70. The van der Waals surface area contributed by atoms with Crippen LogP contribution in [-0.2, 0) is 0 Å². The lowest BCUT2D eigenvalue weighted by Gasteiger charge is -2.08. The number of aryl methyl sites for hydroxylation is 1. The maximum absolute atomic E-state index is 6.13.